The first-order valence-electron chi connectivity index (χ1n) is 10.5. The van der Waals surface area contributed by atoms with Gasteiger partial charge in [0.1, 0.15) is 10.7 Å². The molecule has 2 N–H and O–H groups in total. The Morgan fingerprint density at radius 1 is 0.968 bits per heavy atom. The summed E-state index contributed by atoms with van der Waals surface area (Å²) in [5, 5.41) is 12.5. The van der Waals surface area contributed by atoms with Crippen LogP contribution in [-0.2, 0) is 0 Å². The zero-order chi connectivity index (χ0) is 21.2. The number of rotatable bonds is 4. The predicted molar refractivity (Wildman–Crippen MR) is 125 cm³/mol. The highest BCUT2D eigenvalue weighted by Gasteiger charge is 2.49. The summed E-state index contributed by atoms with van der Waals surface area (Å²) in [6.45, 7) is 4.73. The Morgan fingerprint density at radius 3 is 2.32 bits per heavy atom. The van der Waals surface area contributed by atoms with Gasteiger partial charge in [-0.3, -0.25) is 10.1 Å². The number of piperidine rings is 1. The number of hydrogen-bond donors (Lipinski definition) is 2. The molecule has 0 aromatic carbocycles. The summed E-state index contributed by atoms with van der Waals surface area (Å²) in [6, 6.07) is 0.500. The summed E-state index contributed by atoms with van der Waals surface area (Å²) >= 11 is 3.25. The van der Waals surface area contributed by atoms with Crippen LogP contribution in [0.4, 0.5) is 5.13 Å². The van der Waals surface area contributed by atoms with Gasteiger partial charge in [0.25, 0.3) is 0 Å². The monoisotopic (exact) mass is 452 g/mol. The predicted octanol–water partition coefficient (Wildman–Crippen LogP) is 4.10. The molecule has 6 rings (SSSR count). The summed E-state index contributed by atoms with van der Waals surface area (Å²) < 4.78 is 0. The summed E-state index contributed by atoms with van der Waals surface area (Å²) in [6.07, 6.45) is 11.9. The first-order chi connectivity index (χ1) is 14.9. The van der Waals surface area contributed by atoms with Gasteiger partial charge in [-0.15, -0.1) is 0 Å². The molecule has 0 radical (unpaired) electrons. The van der Waals surface area contributed by atoms with Crippen LogP contribution in [0.25, 0.3) is 31.6 Å². The molecule has 160 valence electrons. The first kappa shape index (κ1) is 19.3. The van der Waals surface area contributed by atoms with Crippen molar-refractivity contribution in [2.45, 2.75) is 56.7 Å². The van der Waals surface area contributed by atoms with Crippen LogP contribution in [0.15, 0.2) is 24.8 Å². The van der Waals surface area contributed by atoms with Crippen LogP contribution in [0, 0.1) is 0 Å². The molecule has 2 saturated heterocycles. The topological polar surface area (TPSA) is 95.5 Å². The average molecular weight is 453 g/mol. The van der Waals surface area contributed by atoms with Crippen LogP contribution in [0.1, 0.15) is 39.5 Å². The molecule has 0 aliphatic carbocycles. The van der Waals surface area contributed by atoms with Gasteiger partial charge >= 0.3 is 0 Å². The van der Waals surface area contributed by atoms with E-state index in [0.717, 1.165) is 49.6 Å². The van der Waals surface area contributed by atoms with E-state index in [-0.39, 0.29) is 11.1 Å². The Kier molecular flexibility index (Phi) is 4.22. The van der Waals surface area contributed by atoms with E-state index in [1.165, 1.54) is 12.8 Å². The third-order valence-corrected chi connectivity index (χ3v) is 8.82. The molecule has 2 bridgehead atoms. The number of nitrogens with zero attached hydrogens (tertiary/aromatic N) is 6. The van der Waals surface area contributed by atoms with Crippen LogP contribution in [0.2, 0.25) is 0 Å². The van der Waals surface area contributed by atoms with Gasteiger partial charge in [0.15, 0.2) is 14.8 Å². The van der Waals surface area contributed by atoms with Gasteiger partial charge in [0, 0.05) is 35.9 Å². The van der Waals surface area contributed by atoms with E-state index in [2.05, 4.69) is 51.3 Å². The number of nitrogens with one attached hydrogen (secondary N) is 2. The van der Waals surface area contributed by atoms with E-state index in [1.807, 2.05) is 0 Å². The maximum atomic E-state index is 4.93. The summed E-state index contributed by atoms with van der Waals surface area (Å²) in [5.74, 6) is 0. The van der Waals surface area contributed by atoms with E-state index in [1.54, 1.807) is 47.5 Å². The van der Waals surface area contributed by atoms with Crippen molar-refractivity contribution in [2.24, 2.45) is 0 Å². The molecule has 10 heteroatoms. The van der Waals surface area contributed by atoms with Gasteiger partial charge in [-0.1, -0.05) is 22.7 Å². The van der Waals surface area contributed by atoms with E-state index in [0.29, 0.717) is 6.04 Å². The molecule has 4 aromatic heterocycles. The second-order valence-corrected chi connectivity index (χ2v) is 11.3. The maximum Gasteiger partial charge on any atom is 0.188 e. The third-order valence-electron chi connectivity index (χ3n) is 6.68. The number of thiazole rings is 2. The molecule has 31 heavy (non-hydrogen) atoms. The number of H-pyrrole nitrogens is 1. The van der Waals surface area contributed by atoms with E-state index >= 15 is 0 Å². The molecule has 2 aliphatic heterocycles. The minimum absolute atomic E-state index is 0.243. The molecule has 2 aliphatic rings. The molecule has 0 amide bonds. The van der Waals surface area contributed by atoms with Crippen molar-refractivity contribution in [3.8, 4) is 22.0 Å². The summed E-state index contributed by atoms with van der Waals surface area (Å²) in [5.41, 5.74) is 2.97. The van der Waals surface area contributed by atoms with Crippen LogP contribution in [0.3, 0.4) is 0 Å². The molecule has 0 spiro atoms. The van der Waals surface area contributed by atoms with E-state index < -0.39 is 0 Å². The molecule has 1 unspecified atom stereocenters. The number of hydrogen-bond acceptors (Lipinski definition) is 9. The Balaban J connectivity index is 1.23. The van der Waals surface area contributed by atoms with Crippen LogP contribution in [-0.4, -0.2) is 54.3 Å². The van der Waals surface area contributed by atoms with Gasteiger partial charge in [-0.05, 0) is 39.5 Å². The van der Waals surface area contributed by atoms with Crippen molar-refractivity contribution >= 4 is 37.5 Å². The molecular weight excluding hydrogens is 428 g/mol. The molecular formula is C21H24N8S2. The normalized spacial score (nSPS) is 27.8. The molecule has 6 heterocycles. The quantitative estimate of drug-likeness (QED) is 0.481. The van der Waals surface area contributed by atoms with E-state index in [4.69, 9.17) is 9.97 Å². The molecule has 8 nitrogen and oxygen atoms in total. The van der Waals surface area contributed by atoms with Crippen molar-refractivity contribution in [1.29, 1.82) is 0 Å². The SMILES string of the molecule is CN(c1nc2sc(-c3cnc(-c4cn[nH]c4)cn3)nc2s1)C1C[C@]2(C)CC[C@](C)(C1)N2. The van der Waals surface area contributed by atoms with Crippen molar-refractivity contribution in [2.75, 3.05) is 11.9 Å². The Hall–Kier alpha value is -2.43. The van der Waals surface area contributed by atoms with Gasteiger partial charge in [-0.2, -0.15) is 5.10 Å². The number of aromatic amines is 1. The zero-order valence-corrected chi connectivity index (χ0v) is 19.3. The molecule has 4 aromatic rings. The number of anilines is 1. The van der Waals surface area contributed by atoms with Crippen LogP contribution >= 0.6 is 22.7 Å². The third kappa shape index (κ3) is 3.33. The van der Waals surface area contributed by atoms with Crippen molar-refractivity contribution in [1.82, 2.24) is 35.5 Å². The second kappa shape index (κ2) is 6.78. The largest absolute Gasteiger partial charge is 0.348 e. The molecule has 2 fully saturated rings. The van der Waals surface area contributed by atoms with Crippen molar-refractivity contribution in [3.05, 3.63) is 24.8 Å². The van der Waals surface area contributed by atoms with Crippen molar-refractivity contribution < 1.29 is 0 Å². The summed E-state index contributed by atoms with van der Waals surface area (Å²) in [7, 11) is 2.19. The zero-order valence-electron chi connectivity index (χ0n) is 17.7. The lowest BCUT2D eigenvalue weighted by atomic mass is 9.84. The Bertz CT molecular complexity index is 1180. The second-order valence-electron chi connectivity index (χ2n) is 9.32. The smallest absolute Gasteiger partial charge is 0.188 e. The van der Waals surface area contributed by atoms with Crippen molar-refractivity contribution in [3.63, 3.8) is 0 Å². The fraction of sp³-hybridized carbons (Fsp3) is 0.476. The van der Waals surface area contributed by atoms with Crippen LogP contribution in [0.5, 0.6) is 0 Å². The number of aromatic nitrogens is 6. The number of fused-ring (bicyclic) bond motifs is 3. The average Bonchev–Trinajstić information content (AvgIpc) is 3.50. The standard InChI is InChI=1S/C21H24N8S2/c1-20-4-5-21(2,28-20)7-13(6-20)29(3)19-27-18-17(31-19)26-16(30-18)15-11-22-14(10-23-15)12-8-24-25-9-12/h8-11,13,28H,4-7H2,1-3H3,(H,24,25)/t13?,20-,21+. The van der Waals surface area contributed by atoms with Gasteiger partial charge < -0.3 is 10.2 Å². The fourth-order valence-electron chi connectivity index (χ4n) is 5.12. The lowest BCUT2D eigenvalue weighted by Gasteiger charge is -2.45. The van der Waals surface area contributed by atoms with Gasteiger partial charge in [0.05, 0.1) is 24.3 Å². The van der Waals surface area contributed by atoms with E-state index in [9.17, 15) is 0 Å². The van der Waals surface area contributed by atoms with Gasteiger partial charge in [0.2, 0.25) is 0 Å². The fourth-order valence-corrected chi connectivity index (χ4v) is 7.16. The highest BCUT2D eigenvalue weighted by atomic mass is 32.1. The summed E-state index contributed by atoms with van der Waals surface area (Å²) in [4.78, 5) is 23.1. The highest BCUT2D eigenvalue weighted by molar-refractivity contribution is 7.29. The maximum absolute atomic E-state index is 4.93. The first-order valence-corrected chi connectivity index (χ1v) is 12.1. The lowest BCUT2D eigenvalue weighted by molar-refractivity contribution is 0.208. The molecule has 0 saturated carbocycles. The highest BCUT2D eigenvalue weighted by Crippen LogP contribution is 2.45. The Morgan fingerprint density at radius 2 is 1.68 bits per heavy atom. The van der Waals surface area contributed by atoms with Crippen LogP contribution < -0.4 is 10.2 Å². The minimum Gasteiger partial charge on any atom is -0.348 e. The minimum atomic E-state index is 0.243. The Labute approximate surface area is 188 Å². The molecule has 3 atom stereocenters. The lowest BCUT2D eigenvalue weighted by Crippen LogP contribution is -2.58. The van der Waals surface area contributed by atoms with Gasteiger partial charge in [-0.25, -0.2) is 15.0 Å².